The van der Waals surface area contributed by atoms with E-state index in [0.717, 1.165) is 25.3 Å². The minimum Gasteiger partial charge on any atom is -0.497 e. The normalized spacial score (nSPS) is 29.0. The van der Waals surface area contributed by atoms with Crippen molar-refractivity contribution in [3.05, 3.63) is 24.3 Å². The summed E-state index contributed by atoms with van der Waals surface area (Å²) in [6.07, 6.45) is 2.68. The lowest BCUT2D eigenvalue weighted by molar-refractivity contribution is -0.923. The highest BCUT2D eigenvalue weighted by atomic mass is 16.5. The molecule has 1 N–H and O–H groups in total. The number of methoxy groups -OCH3 is 1. The zero-order valence-corrected chi connectivity index (χ0v) is 13.2. The number of anilines is 1. The third-order valence-electron chi connectivity index (χ3n) is 4.78. The predicted molar refractivity (Wildman–Crippen MR) is 83.0 cm³/mol. The standard InChI is InChI=1S/C17H22N2O3/c1-12-4-3-9-18(11-12)15-10-16(20)19(17(15)21)13-5-7-14(22-2)8-6-13/h5-8,12,15H,3-4,9-11H2,1-2H3/p+1/t12-,15+/m0/s1. The summed E-state index contributed by atoms with van der Waals surface area (Å²) in [7, 11) is 1.60. The first kappa shape index (κ1) is 15.0. The quantitative estimate of drug-likeness (QED) is 0.834. The second kappa shape index (κ2) is 6.08. The molecule has 2 saturated heterocycles. The highest BCUT2D eigenvalue weighted by Crippen LogP contribution is 2.24. The van der Waals surface area contributed by atoms with Crippen LogP contribution in [0.15, 0.2) is 24.3 Å². The van der Waals surface area contributed by atoms with Crippen LogP contribution in [0.1, 0.15) is 26.2 Å². The van der Waals surface area contributed by atoms with Crippen LogP contribution in [0.5, 0.6) is 5.75 Å². The van der Waals surface area contributed by atoms with E-state index >= 15 is 0 Å². The molecule has 0 saturated carbocycles. The number of likely N-dealkylation sites (tertiary alicyclic amines) is 1. The van der Waals surface area contributed by atoms with Gasteiger partial charge in [-0.1, -0.05) is 6.92 Å². The van der Waals surface area contributed by atoms with Gasteiger partial charge < -0.3 is 9.64 Å². The Hall–Kier alpha value is -1.88. The fourth-order valence-electron chi connectivity index (χ4n) is 3.60. The van der Waals surface area contributed by atoms with E-state index in [1.54, 1.807) is 31.4 Å². The van der Waals surface area contributed by atoms with E-state index in [0.29, 0.717) is 18.0 Å². The van der Waals surface area contributed by atoms with Gasteiger partial charge in [0.15, 0.2) is 6.04 Å². The molecular formula is C17H23N2O3+. The van der Waals surface area contributed by atoms with Gasteiger partial charge in [-0.05, 0) is 37.1 Å². The van der Waals surface area contributed by atoms with Gasteiger partial charge >= 0.3 is 0 Å². The number of ether oxygens (including phenoxy) is 1. The Labute approximate surface area is 130 Å². The SMILES string of the molecule is COc1ccc(N2C(=O)C[C@@H]([NH+]3CCC[C@H](C)C3)C2=O)cc1. The van der Waals surface area contributed by atoms with Crippen molar-refractivity contribution in [3.63, 3.8) is 0 Å². The molecule has 3 rings (SSSR count). The lowest BCUT2D eigenvalue weighted by Gasteiger charge is -2.31. The molecule has 2 aliphatic heterocycles. The first-order chi connectivity index (χ1) is 10.6. The average molecular weight is 303 g/mol. The Kier molecular flexibility index (Phi) is 4.16. The summed E-state index contributed by atoms with van der Waals surface area (Å²) < 4.78 is 5.12. The van der Waals surface area contributed by atoms with Crippen molar-refractivity contribution in [2.75, 3.05) is 25.1 Å². The average Bonchev–Trinajstić information content (AvgIpc) is 2.82. The molecule has 118 valence electrons. The number of piperidine rings is 1. The van der Waals surface area contributed by atoms with Crippen LogP contribution in [0.2, 0.25) is 0 Å². The van der Waals surface area contributed by atoms with E-state index in [1.807, 2.05) is 0 Å². The number of imide groups is 1. The zero-order valence-electron chi connectivity index (χ0n) is 13.2. The Bertz CT molecular complexity index is 570. The van der Waals surface area contributed by atoms with Gasteiger partial charge in [0, 0.05) is 5.92 Å². The second-order valence-electron chi connectivity index (χ2n) is 6.38. The molecule has 1 unspecified atom stereocenters. The molecule has 0 radical (unpaired) electrons. The van der Waals surface area contributed by atoms with E-state index < -0.39 is 0 Å². The number of nitrogens with one attached hydrogen (secondary N) is 1. The van der Waals surface area contributed by atoms with Gasteiger partial charge in [-0.15, -0.1) is 0 Å². The van der Waals surface area contributed by atoms with Crippen LogP contribution in [0, 0.1) is 5.92 Å². The third-order valence-corrected chi connectivity index (χ3v) is 4.78. The van der Waals surface area contributed by atoms with Gasteiger partial charge in [-0.3, -0.25) is 9.59 Å². The molecule has 2 aliphatic rings. The number of carbonyl (C=O) groups is 2. The summed E-state index contributed by atoms with van der Waals surface area (Å²) >= 11 is 0. The molecule has 2 heterocycles. The van der Waals surface area contributed by atoms with Gasteiger partial charge in [-0.25, -0.2) is 4.90 Å². The third kappa shape index (κ3) is 2.73. The van der Waals surface area contributed by atoms with E-state index in [1.165, 1.54) is 16.2 Å². The molecule has 0 aliphatic carbocycles. The maximum Gasteiger partial charge on any atom is 0.292 e. The van der Waals surface area contributed by atoms with Crippen molar-refractivity contribution in [2.45, 2.75) is 32.2 Å². The molecule has 1 aromatic carbocycles. The van der Waals surface area contributed by atoms with Crippen molar-refractivity contribution < 1.29 is 19.2 Å². The van der Waals surface area contributed by atoms with Crippen molar-refractivity contribution in [2.24, 2.45) is 5.92 Å². The first-order valence-corrected chi connectivity index (χ1v) is 7.95. The molecule has 2 fully saturated rings. The van der Waals surface area contributed by atoms with Gasteiger partial charge in [0.05, 0.1) is 32.3 Å². The molecule has 0 aromatic heterocycles. The summed E-state index contributed by atoms with van der Waals surface area (Å²) in [5, 5.41) is 0. The zero-order chi connectivity index (χ0) is 15.7. The number of hydrogen-bond acceptors (Lipinski definition) is 3. The van der Waals surface area contributed by atoms with E-state index in [2.05, 4.69) is 6.92 Å². The van der Waals surface area contributed by atoms with Crippen molar-refractivity contribution in [3.8, 4) is 5.75 Å². The summed E-state index contributed by atoms with van der Waals surface area (Å²) in [4.78, 5) is 27.7. The lowest BCUT2D eigenvalue weighted by Crippen LogP contribution is -3.18. The number of quaternary nitrogens is 1. The summed E-state index contributed by atoms with van der Waals surface area (Å²) in [5.74, 6) is 1.20. The largest absolute Gasteiger partial charge is 0.497 e. The van der Waals surface area contributed by atoms with Crippen LogP contribution >= 0.6 is 0 Å². The predicted octanol–water partition coefficient (Wildman–Crippen LogP) is 0.642. The van der Waals surface area contributed by atoms with Crippen molar-refractivity contribution >= 4 is 17.5 Å². The molecule has 22 heavy (non-hydrogen) atoms. The molecule has 5 heteroatoms. The minimum atomic E-state index is -0.211. The van der Waals surface area contributed by atoms with Crippen LogP contribution < -0.4 is 14.5 Å². The van der Waals surface area contributed by atoms with E-state index in [4.69, 9.17) is 4.74 Å². The second-order valence-corrected chi connectivity index (χ2v) is 6.38. The summed E-state index contributed by atoms with van der Waals surface area (Å²) in [5.41, 5.74) is 0.641. The van der Waals surface area contributed by atoms with Crippen LogP contribution in [-0.4, -0.2) is 38.1 Å². The van der Waals surface area contributed by atoms with Crippen LogP contribution in [0.4, 0.5) is 5.69 Å². The molecule has 0 spiro atoms. The van der Waals surface area contributed by atoms with E-state index in [-0.39, 0.29) is 17.9 Å². The first-order valence-electron chi connectivity index (χ1n) is 7.95. The number of amides is 2. The maximum atomic E-state index is 12.7. The number of benzene rings is 1. The number of hydrogen-bond donors (Lipinski definition) is 1. The number of nitrogens with zero attached hydrogens (tertiary/aromatic N) is 1. The summed E-state index contributed by atoms with van der Waals surface area (Å²) in [6.45, 7) is 4.20. The fraction of sp³-hybridized carbons (Fsp3) is 0.529. The Morgan fingerprint density at radius 3 is 2.59 bits per heavy atom. The number of carbonyl (C=O) groups excluding carboxylic acids is 2. The lowest BCUT2D eigenvalue weighted by atomic mass is 9.98. The van der Waals surface area contributed by atoms with E-state index in [9.17, 15) is 9.59 Å². The van der Waals surface area contributed by atoms with Gasteiger partial charge in [0.25, 0.3) is 5.91 Å². The Morgan fingerprint density at radius 2 is 1.95 bits per heavy atom. The van der Waals surface area contributed by atoms with Crippen molar-refractivity contribution in [1.29, 1.82) is 0 Å². The highest BCUT2D eigenvalue weighted by molar-refractivity contribution is 6.21. The maximum absolute atomic E-state index is 12.7. The van der Waals surface area contributed by atoms with Gasteiger partial charge in [0.2, 0.25) is 5.91 Å². The fourth-order valence-corrected chi connectivity index (χ4v) is 3.60. The van der Waals surface area contributed by atoms with Gasteiger partial charge in [-0.2, -0.15) is 0 Å². The highest BCUT2D eigenvalue weighted by Gasteiger charge is 2.46. The molecule has 1 aromatic rings. The molecule has 3 atom stereocenters. The smallest absolute Gasteiger partial charge is 0.292 e. The molecule has 5 nitrogen and oxygen atoms in total. The minimum absolute atomic E-state index is 0.0562. The molecular weight excluding hydrogens is 280 g/mol. The Morgan fingerprint density at radius 1 is 1.23 bits per heavy atom. The molecule has 2 amide bonds. The van der Waals surface area contributed by atoms with Crippen LogP contribution in [0.25, 0.3) is 0 Å². The van der Waals surface area contributed by atoms with Crippen LogP contribution in [-0.2, 0) is 9.59 Å². The topological polar surface area (TPSA) is 51.0 Å². The van der Waals surface area contributed by atoms with Crippen LogP contribution in [0.3, 0.4) is 0 Å². The molecule has 0 bridgehead atoms. The number of rotatable bonds is 3. The summed E-state index contributed by atoms with van der Waals surface area (Å²) in [6, 6.07) is 6.88. The van der Waals surface area contributed by atoms with Crippen molar-refractivity contribution in [1.82, 2.24) is 0 Å². The Balaban J connectivity index is 1.78. The van der Waals surface area contributed by atoms with Gasteiger partial charge in [0.1, 0.15) is 5.75 Å². The monoisotopic (exact) mass is 303 g/mol.